The number of Topliss-reactive ketones (excluding diaryl/α,β-unsaturated/α-hetero) is 1. The molecule has 116 valence electrons. The number of benzene rings is 1. The Balaban J connectivity index is 2.17. The van der Waals surface area contributed by atoms with Crippen molar-refractivity contribution in [2.75, 3.05) is 20.6 Å². The third-order valence-corrected chi connectivity index (χ3v) is 4.54. The van der Waals surface area contributed by atoms with Crippen LogP contribution in [0.1, 0.15) is 32.8 Å². The molecule has 1 aromatic heterocycles. The van der Waals surface area contributed by atoms with Gasteiger partial charge in [0.05, 0.1) is 0 Å². The standard InChI is InChI=1S/C17H21N3O2/c1-19(2)9-11-5-7-14-15(16(11)21)12-8-10(17(18)22)4-6-13(12)20(14)3/h4,6,8,11H,5,7,9H2,1-3H3,(H2,18,22). The Hall–Kier alpha value is -2.14. The van der Waals surface area contributed by atoms with Crippen molar-refractivity contribution >= 4 is 22.6 Å². The number of aromatic nitrogens is 1. The number of nitrogens with zero attached hydrogens (tertiary/aromatic N) is 2. The summed E-state index contributed by atoms with van der Waals surface area (Å²) in [7, 11) is 5.94. The molecule has 2 N–H and O–H groups in total. The van der Waals surface area contributed by atoms with Crippen molar-refractivity contribution in [2.45, 2.75) is 12.8 Å². The minimum absolute atomic E-state index is 0.0188. The zero-order valence-corrected chi connectivity index (χ0v) is 13.2. The van der Waals surface area contributed by atoms with Crippen molar-refractivity contribution < 1.29 is 9.59 Å². The fourth-order valence-corrected chi connectivity index (χ4v) is 3.48. The number of nitrogens with two attached hydrogens (primary N) is 1. The minimum atomic E-state index is -0.465. The summed E-state index contributed by atoms with van der Waals surface area (Å²) in [5.74, 6) is -0.264. The number of aryl methyl sites for hydroxylation is 1. The summed E-state index contributed by atoms with van der Waals surface area (Å²) in [5.41, 5.74) is 8.65. The second-order valence-corrected chi connectivity index (χ2v) is 6.34. The van der Waals surface area contributed by atoms with Crippen molar-refractivity contribution in [3.8, 4) is 0 Å². The molecule has 1 unspecified atom stereocenters. The van der Waals surface area contributed by atoms with Gasteiger partial charge in [0.25, 0.3) is 0 Å². The number of amides is 1. The van der Waals surface area contributed by atoms with Crippen molar-refractivity contribution in [3.05, 3.63) is 35.0 Å². The van der Waals surface area contributed by atoms with Crippen LogP contribution < -0.4 is 5.73 Å². The fourth-order valence-electron chi connectivity index (χ4n) is 3.48. The number of ketones is 1. The molecule has 0 spiro atoms. The summed E-state index contributed by atoms with van der Waals surface area (Å²) < 4.78 is 2.07. The predicted octanol–water partition coefficient (Wildman–Crippen LogP) is 1.58. The van der Waals surface area contributed by atoms with Crippen LogP contribution in [0.5, 0.6) is 0 Å². The molecule has 1 heterocycles. The van der Waals surface area contributed by atoms with Gasteiger partial charge in [-0.2, -0.15) is 0 Å². The van der Waals surface area contributed by atoms with E-state index in [-0.39, 0.29) is 11.7 Å². The van der Waals surface area contributed by atoms with E-state index >= 15 is 0 Å². The van der Waals surface area contributed by atoms with Gasteiger partial charge in [0, 0.05) is 47.2 Å². The maximum absolute atomic E-state index is 12.9. The Labute approximate surface area is 129 Å². The average molecular weight is 299 g/mol. The lowest BCUT2D eigenvalue weighted by molar-refractivity contribution is 0.0877. The van der Waals surface area contributed by atoms with Gasteiger partial charge in [-0.05, 0) is 45.1 Å². The molecular weight excluding hydrogens is 278 g/mol. The monoisotopic (exact) mass is 299 g/mol. The van der Waals surface area contributed by atoms with Gasteiger partial charge in [-0.3, -0.25) is 9.59 Å². The van der Waals surface area contributed by atoms with Gasteiger partial charge in [-0.15, -0.1) is 0 Å². The summed E-state index contributed by atoms with van der Waals surface area (Å²) in [4.78, 5) is 26.4. The molecule has 5 nitrogen and oxygen atoms in total. The number of carbonyl (C=O) groups is 2. The van der Waals surface area contributed by atoms with E-state index in [1.807, 2.05) is 32.1 Å². The number of carbonyl (C=O) groups excluding carboxylic acids is 2. The molecule has 1 aromatic carbocycles. The zero-order chi connectivity index (χ0) is 16.0. The van der Waals surface area contributed by atoms with Gasteiger partial charge in [-0.25, -0.2) is 0 Å². The maximum Gasteiger partial charge on any atom is 0.248 e. The van der Waals surface area contributed by atoms with Crippen LogP contribution in [0, 0.1) is 5.92 Å². The lowest BCUT2D eigenvalue weighted by Crippen LogP contribution is -2.32. The third-order valence-electron chi connectivity index (χ3n) is 4.54. The molecule has 1 aliphatic rings. The first-order chi connectivity index (χ1) is 10.4. The smallest absolute Gasteiger partial charge is 0.248 e. The first-order valence-electron chi connectivity index (χ1n) is 7.50. The largest absolute Gasteiger partial charge is 0.366 e. The van der Waals surface area contributed by atoms with Crippen molar-refractivity contribution in [3.63, 3.8) is 0 Å². The molecule has 0 radical (unpaired) electrons. The Morgan fingerprint density at radius 2 is 2.14 bits per heavy atom. The van der Waals surface area contributed by atoms with Gasteiger partial charge in [0.2, 0.25) is 5.91 Å². The van der Waals surface area contributed by atoms with E-state index in [0.29, 0.717) is 5.56 Å². The first-order valence-corrected chi connectivity index (χ1v) is 7.50. The van der Waals surface area contributed by atoms with E-state index in [1.54, 1.807) is 12.1 Å². The molecule has 1 aliphatic carbocycles. The summed E-state index contributed by atoms with van der Waals surface area (Å²) in [6.45, 7) is 0.754. The topological polar surface area (TPSA) is 68.3 Å². The highest BCUT2D eigenvalue weighted by molar-refractivity contribution is 6.12. The molecule has 22 heavy (non-hydrogen) atoms. The molecule has 0 saturated carbocycles. The molecule has 1 atom stereocenters. The quantitative estimate of drug-likeness (QED) is 0.935. The highest BCUT2D eigenvalue weighted by atomic mass is 16.1. The molecule has 0 fully saturated rings. The van der Waals surface area contributed by atoms with Crippen molar-refractivity contribution in [1.29, 1.82) is 0 Å². The Bertz CT molecular complexity index is 774. The molecule has 3 rings (SSSR count). The highest BCUT2D eigenvalue weighted by Gasteiger charge is 2.32. The van der Waals surface area contributed by atoms with Crippen LogP contribution in [0.3, 0.4) is 0 Å². The van der Waals surface area contributed by atoms with Crippen LogP contribution in [0.4, 0.5) is 0 Å². The second kappa shape index (κ2) is 5.25. The number of rotatable bonds is 3. The zero-order valence-electron chi connectivity index (χ0n) is 13.2. The van der Waals surface area contributed by atoms with Crippen LogP contribution in [0.25, 0.3) is 10.9 Å². The average Bonchev–Trinajstić information content (AvgIpc) is 2.75. The summed E-state index contributed by atoms with van der Waals surface area (Å²) in [6, 6.07) is 5.35. The lowest BCUT2D eigenvalue weighted by Gasteiger charge is -2.24. The van der Waals surface area contributed by atoms with E-state index in [4.69, 9.17) is 5.73 Å². The van der Waals surface area contributed by atoms with Crippen LogP contribution in [0.15, 0.2) is 18.2 Å². The van der Waals surface area contributed by atoms with Crippen LogP contribution >= 0.6 is 0 Å². The Kier molecular flexibility index (Phi) is 3.53. The van der Waals surface area contributed by atoms with Crippen LogP contribution in [0.2, 0.25) is 0 Å². The normalized spacial score (nSPS) is 18.0. The Morgan fingerprint density at radius 3 is 2.77 bits per heavy atom. The minimum Gasteiger partial charge on any atom is -0.366 e. The number of hydrogen-bond donors (Lipinski definition) is 1. The molecule has 0 saturated heterocycles. The lowest BCUT2D eigenvalue weighted by atomic mass is 9.84. The third kappa shape index (κ3) is 2.22. The van der Waals surface area contributed by atoms with Gasteiger partial charge in [-0.1, -0.05) is 0 Å². The van der Waals surface area contributed by atoms with Gasteiger partial charge < -0.3 is 15.2 Å². The highest BCUT2D eigenvalue weighted by Crippen LogP contribution is 2.34. The van der Waals surface area contributed by atoms with Gasteiger partial charge >= 0.3 is 0 Å². The molecule has 5 heteroatoms. The summed E-state index contributed by atoms with van der Waals surface area (Å²) in [5, 5.41) is 0.849. The number of hydrogen-bond acceptors (Lipinski definition) is 3. The fraction of sp³-hybridized carbons (Fsp3) is 0.412. The molecule has 1 amide bonds. The van der Waals surface area contributed by atoms with Gasteiger partial charge in [0.1, 0.15) is 0 Å². The summed E-state index contributed by atoms with van der Waals surface area (Å²) >= 11 is 0. The van der Waals surface area contributed by atoms with E-state index in [0.717, 1.165) is 41.5 Å². The SMILES string of the molecule is CN(C)CC1CCc2c(c3cc(C(N)=O)ccc3n2C)C1=O. The van der Waals surface area contributed by atoms with E-state index in [9.17, 15) is 9.59 Å². The molecular formula is C17H21N3O2. The molecule has 0 bridgehead atoms. The predicted molar refractivity (Wildman–Crippen MR) is 86.1 cm³/mol. The van der Waals surface area contributed by atoms with Crippen LogP contribution in [-0.2, 0) is 13.5 Å². The van der Waals surface area contributed by atoms with Crippen molar-refractivity contribution in [1.82, 2.24) is 9.47 Å². The number of primary amides is 1. The number of fused-ring (bicyclic) bond motifs is 3. The summed E-state index contributed by atoms with van der Waals surface area (Å²) in [6.07, 6.45) is 1.76. The second-order valence-electron chi connectivity index (χ2n) is 6.34. The van der Waals surface area contributed by atoms with Crippen LogP contribution in [-0.4, -0.2) is 41.8 Å². The molecule has 2 aromatic rings. The van der Waals surface area contributed by atoms with E-state index < -0.39 is 5.91 Å². The molecule has 0 aliphatic heterocycles. The van der Waals surface area contributed by atoms with E-state index in [1.165, 1.54) is 0 Å². The van der Waals surface area contributed by atoms with E-state index in [2.05, 4.69) is 4.57 Å². The Morgan fingerprint density at radius 1 is 1.41 bits per heavy atom. The van der Waals surface area contributed by atoms with Crippen molar-refractivity contribution in [2.24, 2.45) is 18.7 Å². The van der Waals surface area contributed by atoms with Gasteiger partial charge in [0.15, 0.2) is 5.78 Å². The first kappa shape index (κ1) is 14.8. The maximum atomic E-state index is 12.9.